The van der Waals surface area contributed by atoms with Crippen molar-refractivity contribution in [3.63, 3.8) is 0 Å². The Morgan fingerprint density at radius 2 is 1.96 bits per heavy atom. The lowest BCUT2D eigenvalue weighted by atomic mass is 10.2. The fourth-order valence-electron chi connectivity index (χ4n) is 2.66. The molecular formula is C17H18N6S2. The molecule has 1 aromatic carbocycles. The Morgan fingerprint density at radius 3 is 2.68 bits per heavy atom. The number of hydrogen-bond donors (Lipinski definition) is 1. The molecular weight excluding hydrogens is 352 g/mol. The van der Waals surface area contributed by atoms with E-state index < -0.39 is 0 Å². The first-order valence-corrected chi connectivity index (χ1v) is 9.69. The first-order valence-electron chi connectivity index (χ1n) is 7.99. The lowest BCUT2D eigenvalue weighted by Crippen LogP contribution is -2.17. The van der Waals surface area contributed by atoms with Crippen molar-refractivity contribution in [1.82, 2.24) is 30.0 Å². The van der Waals surface area contributed by atoms with Gasteiger partial charge in [-0.05, 0) is 46.0 Å². The SMILES string of the molecule is CN[C@@H](C)c1nc(-c2csc(C)n2)nn1-c1ccc2nc(C)sc2c1. The average molecular weight is 371 g/mol. The van der Waals surface area contributed by atoms with Gasteiger partial charge in [-0.2, -0.15) is 0 Å². The summed E-state index contributed by atoms with van der Waals surface area (Å²) in [5.74, 6) is 1.52. The van der Waals surface area contributed by atoms with Gasteiger partial charge in [0.1, 0.15) is 11.5 Å². The van der Waals surface area contributed by atoms with Crippen molar-refractivity contribution >= 4 is 32.9 Å². The number of thiazole rings is 2. The number of nitrogens with zero attached hydrogens (tertiary/aromatic N) is 5. The largest absolute Gasteiger partial charge is 0.311 e. The standard InChI is InChI=1S/C17H18N6S2/c1-9(18-4)17-21-16(14-8-24-10(2)19-14)22-23(17)12-5-6-13-15(7-12)25-11(3)20-13/h5-9,18H,1-4H3/t9-/m0/s1. The molecule has 1 atom stereocenters. The summed E-state index contributed by atoms with van der Waals surface area (Å²) in [6, 6.07) is 6.27. The molecule has 0 bridgehead atoms. The molecule has 0 aliphatic heterocycles. The van der Waals surface area contributed by atoms with E-state index in [0.717, 1.165) is 37.4 Å². The molecule has 4 aromatic rings. The summed E-state index contributed by atoms with van der Waals surface area (Å²) in [5, 5.41) is 12.1. The maximum Gasteiger partial charge on any atom is 0.201 e. The minimum atomic E-state index is 0.0693. The number of aromatic nitrogens is 5. The molecule has 3 aromatic heterocycles. The quantitative estimate of drug-likeness (QED) is 0.590. The number of nitrogens with one attached hydrogen (secondary N) is 1. The van der Waals surface area contributed by atoms with E-state index in [1.807, 2.05) is 43.1 Å². The third-order valence-corrected chi connectivity index (χ3v) is 5.73. The number of benzene rings is 1. The number of fused-ring (bicyclic) bond motifs is 1. The van der Waals surface area contributed by atoms with Crippen molar-refractivity contribution in [3.8, 4) is 17.2 Å². The van der Waals surface area contributed by atoms with E-state index in [-0.39, 0.29) is 6.04 Å². The summed E-state index contributed by atoms with van der Waals surface area (Å²) in [5.41, 5.74) is 2.82. The molecule has 25 heavy (non-hydrogen) atoms. The second-order valence-corrected chi connectivity index (χ2v) is 8.15. The second kappa shape index (κ2) is 6.29. The molecule has 4 rings (SSSR count). The zero-order valence-corrected chi connectivity index (χ0v) is 16.1. The Bertz CT molecular complexity index is 1040. The van der Waals surface area contributed by atoms with Gasteiger partial charge in [0.2, 0.25) is 5.82 Å². The van der Waals surface area contributed by atoms with Crippen molar-refractivity contribution in [1.29, 1.82) is 0 Å². The van der Waals surface area contributed by atoms with Crippen molar-refractivity contribution in [2.45, 2.75) is 26.8 Å². The van der Waals surface area contributed by atoms with E-state index in [0.29, 0.717) is 5.82 Å². The smallest absolute Gasteiger partial charge is 0.201 e. The predicted octanol–water partition coefficient (Wildman–Crippen LogP) is 3.90. The molecule has 0 fully saturated rings. The van der Waals surface area contributed by atoms with Crippen LogP contribution in [-0.2, 0) is 0 Å². The van der Waals surface area contributed by atoms with Crippen molar-refractivity contribution in [2.75, 3.05) is 7.05 Å². The molecule has 0 amide bonds. The van der Waals surface area contributed by atoms with Crippen LogP contribution < -0.4 is 5.32 Å². The maximum absolute atomic E-state index is 4.75. The van der Waals surface area contributed by atoms with Crippen molar-refractivity contribution < 1.29 is 0 Å². The Balaban J connectivity index is 1.87. The van der Waals surface area contributed by atoms with Gasteiger partial charge in [0.15, 0.2) is 0 Å². The van der Waals surface area contributed by atoms with Gasteiger partial charge in [-0.15, -0.1) is 27.8 Å². The van der Waals surface area contributed by atoms with Crippen LogP contribution >= 0.6 is 22.7 Å². The van der Waals surface area contributed by atoms with Crippen LogP contribution in [0.3, 0.4) is 0 Å². The molecule has 8 heteroatoms. The molecule has 6 nitrogen and oxygen atoms in total. The van der Waals surface area contributed by atoms with E-state index in [1.165, 1.54) is 0 Å². The Morgan fingerprint density at radius 1 is 1.12 bits per heavy atom. The van der Waals surface area contributed by atoms with Crippen LogP contribution in [0.25, 0.3) is 27.4 Å². The minimum absolute atomic E-state index is 0.0693. The number of rotatable bonds is 4. The molecule has 1 N–H and O–H groups in total. The fraction of sp³-hybridized carbons (Fsp3) is 0.294. The summed E-state index contributed by atoms with van der Waals surface area (Å²) < 4.78 is 3.05. The molecule has 0 aliphatic carbocycles. The Kier molecular flexibility index (Phi) is 4.10. The average Bonchev–Trinajstić information content (AvgIpc) is 3.29. The normalized spacial score (nSPS) is 12.8. The first kappa shape index (κ1) is 16.3. The molecule has 0 radical (unpaired) electrons. The second-order valence-electron chi connectivity index (χ2n) is 5.85. The van der Waals surface area contributed by atoms with Crippen LogP contribution in [-0.4, -0.2) is 31.8 Å². The van der Waals surface area contributed by atoms with Gasteiger partial charge < -0.3 is 5.32 Å². The third kappa shape index (κ3) is 2.97. The lowest BCUT2D eigenvalue weighted by molar-refractivity contribution is 0.589. The van der Waals surface area contributed by atoms with E-state index >= 15 is 0 Å². The highest BCUT2D eigenvalue weighted by Crippen LogP contribution is 2.27. The molecule has 0 aliphatic rings. The summed E-state index contributed by atoms with van der Waals surface area (Å²) in [7, 11) is 1.92. The van der Waals surface area contributed by atoms with Crippen LogP contribution in [0.15, 0.2) is 23.6 Å². The molecule has 0 unspecified atom stereocenters. The molecule has 128 valence electrons. The van der Waals surface area contributed by atoms with Gasteiger partial charge in [-0.1, -0.05) is 0 Å². The summed E-state index contributed by atoms with van der Waals surface area (Å²) in [6.45, 7) is 6.09. The van der Waals surface area contributed by atoms with E-state index in [1.54, 1.807) is 22.7 Å². The molecule has 0 saturated heterocycles. The van der Waals surface area contributed by atoms with Gasteiger partial charge in [-0.25, -0.2) is 19.6 Å². The van der Waals surface area contributed by atoms with Crippen LogP contribution in [0.1, 0.15) is 28.8 Å². The summed E-state index contributed by atoms with van der Waals surface area (Å²) in [4.78, 5) is 13.8. The number of hydrogen-bond acceptors (Lipinski definition) is 7. The third-order valence-electron chi connectivity index (χ3n) is 4.02. The Hall–Kier alpha value is -2.16. The predicted molar refractivity (Wildman–Crippen MR) is 103 cm³/mol. The molecule has 0 spiro atoms. The topological polar surface area (TPSA) is 68.5 Å². The number of aryl methyl sites for hydroxylation is 2. The summed E-state index contributed by atoms with van der Waals surface area (Å²) in [6.07, 6.45) is 0. The van der Waals surface area contributed by atoms with Crippen molar-refractivity contribution in [2.24, 2.45) is 0 Å². The molecule has 0 saturated carbocycles. The highest BCUT2D eigenvalue weighted by atomic mass is 32.1. The van der Waals surface area contributed by atoms with Crippen LogP contribution in [0.2, 0.25) is 0 Å². The van der Waals surface area contributed by atoms with E-state index in [4.69, 9.17) is 10.1 Å². The van der Waals surface area contributed by atoms with Crippen LogP contribution in [0.5, 0.6) is 0 Å². The monoisotopic (exact) mass is 370 g/mol. The maximum atomic E-state index is 4.75. The lowest BCUT2D eigenvalue weighted by Gasteiger charge is -2.11. The van der Waals surface area contributed by atoms with Gasteiger partial charge in [-0.3, -0.25) is 0 Å². The highest BCUT2D eigenvalue weighted by Gasteiger charge is 2.19. The van der Waals surface area contributed by atoms with Crippen molar-refractivity contribution in [3.05, 3.63) is 39.4 Å². The van der Waals surface area contributed by atoms with Gasteiger partial charge >= 0.3 is 0 Å². The zero-order valence-electron chi connectivity index (χ0n) is 14.4. The molecule has 3 heterocycles. The van der Waals surface area contributed by atoms with E-state index in [2.05, 4.69) is 28.3 Å². The van der Waals surface area contributed by atoms with E-state index in [9.17, 15) is 0 Å². The van der Waals surface area contributed by atoms with Crippen LogP contribution in [0, 0.1) is 13.8 Å². The van der Waals surface area contributed by atoms with Gasteiger partial charge in [0.05, 0.1) is 32.0 Å². The highest BCUT2D eigenvalue weighted by molar-refractivity contribution is 7.18. The first-order chi connectivity index (χ1) is 12.0. The van der Waals surface area contributed by atoms with Crippen LogP contribution in [0.4, 0.5) is 0 Å². The minimum Gasteiger partial charge on any atom is -0.311 e. The fourth-order valence-corrected chi connectivity index (χ4v) is 4.11. The van der Waals surface area contributed by atoms with Gasteiger partial charge in [0, 0.05) is 5.38 Å². The zero-order chi connectivity index (χ0) is 17.6. The Labute approximate surface area is 153 Å². The van der Waals surface area contributed by atoms with Gasteiger partial charge in [0.25, 0.3) is 0 Å². The summed E-state index contributed by atoms with van der Waals surface area (Å²) >= 11 is 3.29.